The number of benzene rings is 2. The number of rotatable bonds is 6. The number of para-hydroxylation sites is 1. The molecule has 0 bridgehead atoms. The molecule has 0 aliphatic rings. The summed E-state index contributed by atoms with van der Waals surface area (Å²) in [6, 6.07) is 11.5. The molecule has 126 valence electrons. The fourth-order valence-corrected chi connectivity index (χ4v) is 2.18. The van der Waals surface area contributed by atoms with Gasteiger partial charge in [-0.15, -0.1) is 0 Å². The van der Waals surface area contributed by atoms with Crippen molar-refractivity contribution in [1.82, 2.24) is 10.6 Å². The van der Waals surface area contributed by atoms with E-state index in [9.17, 15) is 14.7 Å². The van der Waals surface area contributed by atoms with Crippen molar-refractivity contribution in [3.05, 3.63) is 59.2 Å². The summed E-state index contributed by atoms with van der Waals surface area (Å²) in [4.78, 5) is 24.0. The Morgan fingerprint density at radius 1 is 1.04 bits per heavy atom. The molecular formula is C18H20N2O4. The maximum Gasteiger partial charge on any atom is 0.255 e. The van der Waals surface area contributed by atoms with Crippen LogP contribution < -0.4 is 15.4 Å². The molecule has 0 saturated carbocycles. The predicted octanol–water partition coefficient (Wildman–Crippen LogP) is 1.87. The molecule has 6 nitrogen and oxygen atoms in total. The number of amides is 2. The minimum Gasteiger partial charge on any atom is -0.507 e. The van der Waals surface area contributed by atoms with Gasteiger partial charge in [-0.1, -0.05) is 18.2 Å². The molecule has 0 atom stereocenters. The average Bonchev–Trinajstić information content (AvgIpc) is 2.59. The van der Waals surface area contributed by atoms with Gasteiger partial charge in [0.15, 0.2) is 0 Å². The van der Waals surface area contributed by atoms with Crippen molar-refractivity contribution in [2.45, 2.75) is 6.92 Å². The second kappa shape index (κ2) is 8.01. The molecular weight excluding hydrogens is 308 g/mol. The first-order valence-electron chi connectivity index (χ1n) is 7.52. The molecule has 2 rings (SSSR count). The molecule has 0 aliphatic carbocycles. The van der Waals surface area contributed by atoms with Crippen LogP contribution in [0.4, 0.5) is 0 Å². The number of carbonyl (C=O) groups excluding carboxylic acids is 2. The van der Waals surface area contributed by atoms with Gasteiger partial charge in [-0.25, -0.2) is 0 Å². The summed E-state index contributed by atoms with van der Waals surface area (Å²) in [5, 5.41) is 15.0. The SMILES string of the molecule is COc1cc(C(=O)NCCNC(=O)c2ccccc2O)ccc1C. The Labute approximate surface area is 140 Å². The molecule has 2 amide bonds. The zero-order chi connectivity index (χ0) is 17.5. The number of aryl methyl sites for hydroxylation is 1. The van der Waals surface area contributed by atoms with Gasteiger partial charge in [-0.05, 0) is 36.8 Å². The number of hydrogen-bond donors (Lipinski definition) is 3. The lowest BCUT2D eigenvalue weighted by Gasteiger charge is -2.10. The summed E-state index contributed by atoms with van der Waals surface area (Å²) in [5.41, 5.74) is 1.64. The summed E-state index contributed by atoms with van der Waals surface area (Å²) >= 11 is 0. The number of hydrogen-bond acceptors (Lipinski definition) is 4. The van der Waals surface area contributed by atoms with Gasteiger partial charge in [0.1, 0.15) is 11.5 Å². The Morgan fingerprint density at radius 2 is 1.71 bits per heavy atom. The number of nitrogens with one attached hydrogen (secondary N) is 2. The largest absolute Gasteiger partial charge is 0.507 e. The van der Waals surface area contributed by atoms with Gasteiger partial charge >= 0.3 is 0 Å². The summed E-state index contributed by atoms with van der Waals surface area (Å²) in [5.74, 6) is -0.0641. The lowest BCUT2D eigenvalue weighted by atomic mass is 10.1. The minimum absolute atomic E-state index is 0.0780. The molecule has 0 radical (unpaired) electrons. The smallest absolute Gasteiger partial charge is 0.255 e. The summed E-state index contributed by atoms with van der Waals surface area (Å²) in [6.07, 6.45) is 0. The maximum atomic E-state index is 12.1. The molecule has 3 N–H and O–H groups in total. The van der Waals surface area contributed by atoms with Gasteiger partial charge < -0.3 is 20.5 Å². The minimum atomic E-state index is -0.389. The van der Waals surface area contributed by atoms with E-state index in [-0.39, 0.29) is 36.2 Å². The van der Waals surface area contributed by atoms with Crippen LogP contribution in [0.2, 0.25) is 0 Å². The highest BCUT2D eigenvalue weighted by atomic mass is 16.5. The van der Waals surface area contributed by atoms with Crippen LogP contribution >= 0.6 is 0 Å². The molecule has 0 heterocycles. The predicted molar refractivity (Wildman–Crippen MR) is 90.5 cm³/mol. The van der Waals surface area contributed by atoms with Crippen LogP contribution in [-0.4, -0.2) is 37.1 Å². The Bertz CT molecular complexity index is 744. The fourth-order valence-electron chi connectivity index (χ4n) is 2.18. The topological polar surface area (TPSA) is 87.7 Å². The van der Waals surface area contributed by atoms with E-state index >= 15 is 0 Å². The number of ether oxygens (including phenoxy) is 1. The Morgan fingerprint density at radius 3 is 2.38 bits per heavy atom. The van der Waals surface area contributed by atoms with Gasteiger partial charge in [0.2, 0.25) is 0 Å². The van der Waals surface area contributed by atoms with Gasteiger partial charge in [0.05, 0.1) is 12.7 Å². The fraction of sp³-hybridized carbons (Fsp3) is 0.222. The zero-order valence-corrected chi connectivity index (χ0v) is 13.6. The monoisotopic (exact) mass is 328 g/mol. The van der Waals surface area contributed by atoms with E-state index < -0.39 is 0 Å². The van der Waals surface area contributed by atoms with Crippen molar-refractivity contribution < 1.29 is 19.4 Å². The highest BCUT2D eigenvalue weighted by Crippen LogP contribution is 2.18. The van der Waals surface area contributed by atoms with E-state index in [1.54, 1.807) is 31.4 Å². The highest BCUT2D eigenvalue weighted by molar-refractivity contribution is 5.97. The summed E-state index contributed by atoms with van der Waals surface area (Å²) in [7, 11) is 1.55. The standard InChI is InChI=1S/C18H20N2O4/c1-12-7-8-13(11-16(12)24-2)17(22)19-9-10-20-18(23)14-5-3-4-6-15(14)21/h3-8,11,21H,9-10H2,1-2H3,(H,19,22)(H,20,23). The Balaban J connectivity index is 1.83. The molecule has 24 heavy (non-hydrogen) atoms. The third-order valence-electron chi connectivity index (χ3n) is 3.52. The molecule has 0 aliphatic heterocycles. The van der Waals surface area contributed by atoms with Crippen molar-refractivity contribution in [2.75, 3.05) is 20.2 Å². The first-order chi connectivity index (χ1) is 11.5. The lowest BCUT2D eigenvalue weighted by Crippen LogP contribution is -2.34. The summed E-state index contributed by atoms with van der Waals surface area (Å²) in [6.45, 7) is 2.42. The van der Waals surface area contributed by atoms with Crippen molar-refractivity contribution in [3.63, 3.8) is 0 Å². The number of aromatic hydroxyl groups is 1. The average molecular weight is 328 g/mol. The number of phenolic OH excluding ortho intramolecular Hbond substituents is 1. The third-order valence-corrected chi connectivity index (χ3v) is 3.52. The molecule has 2 aromatic carbocycles. The molecule has 6 heteroatoms. The first-order valence-corrected chi connectivity index (χ1v) is 7.52. The van der Waals surface area contributed by atoms with Gasteiger partial charge in [-0.3, -0.25) is 9.59 Å². The normalized spacial score (nSPS) is 10.1. The second-order valence-corrected chi connectivity index (χ2v) is 5.21. The van der Waals surface area contributed by atoms with Crippen molar-refractivity contribution in [2.24, 2.45) is 0 Å². The van der Waals surface area contributed by atoms with Crippen molar-refractivity contribution in [3.8, 4) is 11.5 Å². The van der Waals surface area contributed by atoms with Gasteiger partial charge in [0, 0.05) is 18.7 Å². The first kappa shape index (κ1) is 17.3. The zero-order valence-electron chi connectivity index (χ0n) is 13.6. The number of methoxy groups -OCH3 is 1. The Kier molecular flexibility index (Phi) is 5.78. The van der Waals surface area contributed by atoms with E-state index in [0.717, 1.165) is 5.56 Å². The van der Waals surface area contributed by atoms with E-state index in [0.29, 0.717) is 11.3 Å². The maximum absolute atomic E-state index is 12.1. The highest BCUT2D eigenvalue weighted by Gasteiger charge is 2.10. The molecule has 0 unspecified atom stereocenters. The van der Waals surface area contributed by atoms with Crippen LogP contribution in [0.3, 0.4) is 0 Å². The van der Waals surface area contributed by atoms with E-state index in [2.05, 4.69) is 10.6 Å². The van der Waals surface area contributed by atoms with Gasteiger partial charge in [0.25, 0.3) is 11.8 Å². The van der Waals surface area contributed by atoms with Crippen molar-refractivity contribution >= 4 is 11.8 Å². The Hall–Kier alpha value is -3.02. The second-order valence-electron chi connectivity index (χ2n) is 5.21. The molecule has 0 saturated heterocycles. The number of phenols is 1. The van der Waals surface area contributed by atoms with E-state index in [1.807, 2.05) is 13.0 Å². The van der Waals surface area contributed by atoms with Crippen molar-refractivity contribution in [1.29, 1.82) is 0 Å². The van der Waals surface area contributed by atoms with Gasteiger partial charge in [-0.2, -0.15) is 0 Å². The summed E-state index contributed by atoms with van der Waals surface area (Å²) < 4.78 is 5.19. The van der Waals surface area contributed by atoms with E-state index in [1.165, 1.54) is 12.1 Å². The quantitative estimate of drug-likeness (QED) is 0.707. The van der Waals surface area contributed by atoms with Crippen LogP contribution in [0.15, 0.2) is 42.5 Å². The number of carbonyl (C=O) groups is 2. The van der Waals surface area contributed by atoms with E-state index in [4.69, 9.17) is 4.74 Å². The van der Waals surface area contributed by atoms with Crippen LogP contribution in [0.1, 0.15) is 26.3 Å². The van der Waals surface area contributed by atoms with Crippen LogP contribution in [0, 0.1) is 6.92 Å². The van der Waals surface area contributed by atoms with Crippen LogP contribution in [0.5, 0.6) is 11.5 Å². The van der Waals surface area contributed by atoms with Crippen LogP contribution in [0.25, 0.3) is 0 Å². The van der Waals surface area contributed by atoms with Crippen LogP contribution in [-0.2, 0) is 0 Å². The molecule has 0 fully saturated rings. The lowest BCUT2D eigenvalue weighted by molar-refractivity contribution is 0.0926. The molecule has 0 spiro atoms. The molecule has 0 aromatic heterocycles. The molecule has 2 aromatic rings. The third kappa shape index (κ3) is 4.25.